The zero-order chi connectivity index (χ0) is 41.0. The first-order valence-electron chi connectivity index (χ1n) is 18.7. The average Bonchev–Trinajstić information content (AvgIpc) is 3.65. The van der Waals surface area contributed by atoms with Gasteiger partial charge in [0.25, 0.3) is 11.7 Å². The number of phenols is 2. The second-order valence-electron chi connectivity index (χ2n) is 15.3. The third kappa shape index (κ3) is 7.01. The lowest BCUT2D eigenvalue weighted by Gasteiger charge is -2.35. The van der Waals surface area contributed by atoms with Crippen LogP contribution in [0.2, 0.25) is 0 Å². The van der Waals surface area contributed by atoms with E-state index in [4.69, 9.17) is 18.9 Å². The van der Waals surface area contributed by atoms with Gasteiger partial charge in [0.15, 0.2) is 5.75 Å². The zero-order valence-electron chi connectivity index (χ0n) is 33.0. The number of nitrogens with one attached hydrogen (secondary N) is 2. The fourth-order valence-electron chi connectivity index (χ4n) is 7.83. The zero-order valence-corrected chi connectivity index (χ0v) is 33.0. The number of nitrogens with zero attached hydrogens (tertiary/aromatic N) is 1. The number of amides is 1. The molecule has 2 aromatic rings. The molecule has 2 aromatic carbocycles. The fraction of sp³-hybridized carbons (Fsp3) is 0.452. The molecule has 1 unspecified atom stereocenters. The van der Waals surface area contributed by atoms with Crippen LogP contribution in [0.4, 0.5) is 17.1 Å². The summed E-state index contributed by atoms with van der Waals surface area (Å²) in [6.07, 6.45) is 9.27. The van der Waals surface area contributed by atoms with Crippen LogP contribution in [0, 0.1) is 24.7 Å². The number of ether oxygens (including phenoxy) is 4. The Morgan fingerprint density at radius 2 is 1.71 bits per heavy atom. The van der Waals surface area contributed by atoms with E-state index in [2.05, 4.69) is 10.6 Å². The number of fused-ring (bicyclic) bond motifs is 2. The molecule has 56 heavy (non-hydrogen) atoms. The van der Waals surface area contributed by atoms with Crippen molar-refractivity contribution in [2.45, 2.75) is 98.2 Å². The lowest BCUT2D eigenvalue weighted by Crippen LogP contribution is -2.43. The predicted molar refractivity (Wildman–Crippen MR) is 210 cm³/mol. The average molecular weight is 774 g/mol. The number of aliphatic hydroxyl groups is 2. The summed E-state index contributed by atoms with van der Waals surface area (Å²) in [7, 11) is 1.45. The molecule has 4 aliphatic heterocycles. The van der Waals surface area contributed by atoms with Crippen LogP contribution in [0.1, 0.15) is 70.8 Å². The lowest BCUT2D eigenvalue weighted by atomic mass is 9.81. The molecule has 0 spiro atoms. The van der Waals surface area contributed by atoms with E-state index in [0.717, 1.165) is 5.57 Å². The normalized spacial score (nSPS) is 32.7. The van der Waals surface area contributed by atoms with Gasteiger partial charge >= 0.3 is 11.8 Å². The maximum absolute atomic E-state index is 14.5. The van der Waals surface area contributed by atoms with Gasteiger partial charge in [-0.1, -0.05) is 39.0 Å². The number of methoxy groups -OCH3 is 1. The van der Waals surface area contributed by atoms with E-state index in [-0.39, 0.29) is 51.1 Å². The minimum absolute atomic E-state index is 0.0117. The topological polar surface area (TPSA) is 196 Å². The molecule has 4 heterocycles. The number of hydrogen-bond acceptors (Lipinski definition) is 13. The van der Waals surface area contributed by atoms with Crippen molar-refractivity contribution in [3.63, 3.8) is 0 Å². The van der Waals surface area contributed by atoms with Gasteiger partial charge < -0.3 is 54.9 Å². The number of ketones is 1. The molecule has 14 heteroatoms. The van der Waals surface area contributed by atoms with E-state index in [1.54, 1.807) is 59.0 Å². The van der Waals surface area contributed by atoms with Gasteiger partial charge in [-0.2, -0.15) is 0 Å². The molecular formula is C42H51N3O11. The van der Waals surface area contributed by atoms with Crippen molar-refractivity contribution in [3.05, 3.63) is 71.2 Å². The second kappa shape index (κ2) is 15.3. The van der Waals surface area contributed by atoms with Gasteiger partial charge in [-0.3, -0.25) is 14.4 Å². The number of rotatable bonds is 2. The molecule has 4 bridgehead atoms. The molecule has 14 nitrogen and oxygen atoms in total. The number of Topliss-reactive ketones (excluding diaryl/α,β-unsaturated/α-hetero) is 1. The number of hydrogen-bond donors (Lipinski definition) is 6. The number of aliphatic hydroxyl groups excluding tert-OH is 2. The van der Waals surface area contributed by atoms with E-state index in [1.165, 1.54) is 33.3 Å². The molecule has 0 aromatic heterocycles. The summed E-state index contributed by atoms with van der Waals surface area (Å²) in [4.78, 5) is 42.3. The van der Waals surface area contributed by atoms with E-state index in [0.29, 0.717) is 11.4 Å². The molecule has 0 saturated carbocycles. The third-order valence-electron chi connectivity index (χ3n) is 11.3. The Bertz CT molecular complexity index is 2120. The number of carbonyl (C=O) groups is 3. The Morgan fingerprint density at radius 1 is 1.00 bits per heavy atom. The van der Waals surface area contributed by atoms with Crippen molar-refractivity contribution < 1.29 is 53.8 Å². The summed E-state index contributed by atoms with van der Waals surface area (Å²) in [5.74, 6) is -6.15. The van der Waals surface area contributed by atoms with Crippen molar-refractivity contribution in [1.29, 1.82) is 0 Å². The monoisotopic (exact) mass is 773 g/mol. The minimum atomic E-state index is -1.93. The summed E-state index contributed by atoms with van der Waals surface area (Å²) in [6, 6.07) is 0. The Hall–Kier alpha value is -5.31. The number of benzene rings is 2. The van der Waals surface area contributed by atoms with Crippen molar-refractivity contribution in [2.24, 2.45) is 17.8 Å². The number of aromatic hydroxyl groups is 2. The highest BCUT2D eigenvalue weighted by atomic mass is 16.7. The van der Waals surface area contributed by atoms with Gasteiger partial charge in [-0.25, -0.2) is 0 Å². The van der Waals surface area contributed by atoms with E-state index in [1.807, 2.05) is 24.0 Å². The highest BCUT2D eigenvalue weighted by Crippen LogP contribution is 2.59. The molecular weight excluding hydrogens is 722 g/mol. The number of phenolic OH excluding ortho intramolecular Hbond substituents is 2. The van der Waals surface area contributed by atoms with Crippen LogP contribution >= 0.6 is 0 Å². The Kier molecular flexibility index (Phi) is 11.0. The largest absolute Gasteiger partial charge is 0.507 e. The first-order chi connectivity index (χ1) is 26.4. The second-order valence-corrected chi connectivity index (χ2v) is 15.3. The van der Waals surface area contributed by atoms with Gasteiger partial charge in [-0.15, -0.1) is 0 Å². The standard InChI is InChI=1S/C42H51N3O11/c1-19-13-15-45-28(17-19)43-32-29-30-37(49)24(6)39-31(29)40(51)42(8,56-39)54-16-14-26(53-9)18-27(55-25(7)46)22(4)36(48)23(5)35(47)20(2)11-10-12-21(3)41(52)44-33(34(32)45)38(30)50/h10-17,20,22-23,26-28,35-36,43,47-50H,18H2,1-9H3,(H,44,52)/b11-10+,16-14+,21-12-/t20-,22-,23+,26-,27+,28?,35-,36-,42-/m0/s1. The Morgan fingerprint density at radius 3 is 2.39 bits per heavy atom. The third-order valence-corrected chi connectivity index (χ3v) is 11.3. The molecule has 300 valence electrons. The maximum Gasteiger partial charge on any atom is 0.312 e. The van der Waals surface area contributed by atoms with E-state index in [9.17, 15) is 34.8 Å². The van der Waals surface area contributed by atoms with Crippen LogP contribution in [0.3, 0.4) is 0 Å². The number of anilines is 3. The van der Waals surface area contributed by atoms with Crippen LogP contribution in [0.25, 0.3) is 10.8 Å². The van der Waals surface area contributed by atoms with Gasteiger partial charge in [0.1, 0.15) is 29.5 Å². The molecule has 6 rings (SSSR count). The minimum Gasteiger partial charge on any atom is -0.507 e. The number of carbonyl (C=O) groups excluding carboxylic acids is 3. The van der Waals surface area contributed by atoms with Crippen LogP contribution in [0.15, 0.2) is 60.1 Å². The van der Waals surface area contributed by atoms with Crippen LogP contribution in [0.5, 0.6) is 17.2 Å². The summed E-state index contributed by atoms with van der Waals surface area (Å²) in [6.45, 7) is 13.0. The van der Waals surface area contributed by atoms with Gasteiger partial charge in [0, 0.05) is 67.9 Å². The quantitative estimate of drug-likeness (QED) is 0.121. The molecule has 0 saturated heterocycles. The lowest BCUT2D eigenvalue weighted by molar-refractivity contribution is -0.155. The smallest absolute Gasteiger partial charge is 0.312 e. The van der Waals surface area contributed by atoms with E-state index < -0.39 is 77.5 Å². The molecule has 0 radical (unpaired) electrons. The van der Waals surface area contributed by atoms with Crippen molar-refractivity contribution in [1.82, 2.24) is 0 Å². The molecule has 4 aliphatic rings. The summed E-state index contributed by atoms with van der Waals surface area (Å²) in [5, 5.41) is 52.8. The van der Waals surface area contributed by atoms with Gasteiger partial charge in [0.2, 0.25) is 0 Å². The highest BCUT2D eigenvalue weighted by molar-refractivity contribution is 6.27. The van der Waals surface area contributed by atoms with Crippen molar-refractivity contribution >= 4 is 45.5 Å². The number of esters is 1. The molecule has 9 atom stereocenters. The van der Waals surface area contributed by atoms with Crippen LogP contribution in [-0.2, 0) is 23.8 Å². The maximum atomic E-state index is 14.5. The van der Waals surface area contributed by atoms with Crippen LogP contribution in [-0.4, -0.2) is 81.6 Å². The Balaban J connectivity index is 1.53. The summed E-state index contributed by atoms with van der Waals surface area (Å²) < 4.78 is 23.6. The first kappa shape index (κ1) is 40.4. The van der Waals surface area contributed by atoms with Crippen molar-refractivity contribution in [3.8, 4) is 17.2 Å². The molecule has 1 amide bonds. The fourth-order valence-corrected chi connectivity index (χ4v) is 7.83. The van der Waals surface area contributed by atoms with Crippen LogP contribution < -0.4 is 20.3 Å². The number of allylic oxidation sites excluding steroid dienone is 4. The van der Waals surface area contributed by atoms with Gasteiger partial charge in [-0.05, 0) is 44.6 Å². The van der Waals surface area contributed by atoms with Gasteiger partial charge in [0.05, 0.1) is 46.9 Å². The summed E-state index contributed by atoms with van der Waals surface area (Å²) in [5.41, 5.74) is 2.19. The van der Waals surface area contributed by atoms with E-state index >= 15 is 0 Å². The summed E-state index contributed by atoms with van der Waals surface area (Å²) >= 11 is 0. The predicted octanol–water partition coefficient (Wildman–Crippen LogP) is 5.83. The molecule has 0 aliphatic carbocycles. The molecule has 6 N–H and O–H groups in total. The Labute approximate surface area is 325 Å². The SMILES string of the molecule is CO[C@H]1/C=C/O[C@@]2(C)Oc3c(C)c(O)c4c(O)c(c5c(c4c3C2=O)NC2C=C(C)C=CN52)NC(=O)/C(C)=C\C=C\[C@H](C)[C@H](O)[C@@H](C)[C@@H](O)[C@@H](C)[C@H](OC(C)=O)C1. The highest BCUT2D eigenvalue weighted by Gasteiger charge is 2.50. The molecule has 0 fully saturated rings. The van der Waals surface area contributed by atoms with Crippen molar-refractivity contribution in [2.75, 3.05) is 22.6 Å². The first-order valence-corrected chi connectivity index (χ1v) is 18.7.